The van der Waals surface area contributed by atoms with Crippen molar-refractivity contribution in [3.05, 3.63) is 53.9 Å². The van der Waals surface area contributed by atoms with Crippen LogP contribution >= 0.6 is 0 Å². The van der Waals surface area contributed by atoms with E-state index in [0.717, 1.165) is 25.0 Å². The molecule has 2 rings (SSSR count). The van der Waals surface area contributed by atoms with Crippen molar-refractivity contribution in [3.63, 3.8) is 0 Å². The molecule has 1 N–H and O–H groups in total. The van der Waals surface area contributed by atoms with Crippen LogP contribution in [0.4, 0.5) is 24.5 Å². The highest BCUT2D eigenvalue weighted by Gasteiger charge is 2.29. The summed E-state index contributed by atoms with van der Waals surface area (Å²) in [5.41, 5.74) is 0.699. The number of carbonyl (C=O) groups excluding carboxylic acids is 1. The highest BCUT2D eigenvalue weighted by Crippen LogP contribution is 2.30. The number of aromatic nitrogens is 1. The average Bonchev–Trinajstić information content (AvgIpc) is 2.61. The summed E-state index contributed by atoms with van der Waals surface area (Å²) in [4.78, 5) is 18.5. The average molecular weight is 365 g/mol. The molecule has 1 heterocycles. The van der Waals surface area contributed by atoms with Crippen molar-refractivity contribution in [1.82, 2.24) is 9.88 Å². The Labute approximate surface area is 151 Å². The molecule has 0 saturated carbocycles. The van der Waals surface area contributed by atoms with Crippen molar-refractivity contribution in [2.24, 2.45) is 0 Å². The smallest absolute Gasteiger partial charge is 0.355 e. The van der Waals surface area contributed by atoms with Gasteiger partial charge in [-0.05, 0) is 49.2 Å². The maximum atomic E-state index is 12.6. The lowest BCUT2D eigenvalue weighted by molar-refractivity contribution is -0.137. The molecule has 0 fully saturated rings. The minimum Gasteiger partial charge on any atom is -0.355 e. The lowest BCUT2D eigenvalue weighted by Gasteiger charge is -2.21. The van der Waals surface area contributed by atoms with Crippen LogP contribution in [0.1, 0.15) is 42.7 Å². The molecule has 0 radical (unpaired) electrons. The molecule has 0 aliphatic carbocycles. The molecule has 4 nitrogen and oxygen atoms in total. The number of nitrogens with one attached hydrogen (secondary N) is 1. The van der Waals surface area contributed by atoms with Crippen LogP contribution in [0.15, 0.2) is 42.6 Å². The zero-order valence-corrected chi connectivity index (χ0v) is 14.8. The molecule has 0 unspecified atom stereocenters. The van der Waals surface area contributed by atoms with Gasteiger partial charge in [-0.3, -0.25) is 9.78 Å². The van der Waals surface area contributed by atoms with Gasteiger partial charge in [0.05, 0.1) is 5.56 Å². The molecule has 0 aliphatic rings. The van der Waals surface area contributed by atoms with Gasteiger partial charge in [0.1, 0.15) is 5.69 Å². The minimum atomic E-state index is -4.36. The number of halogens is 3. The lowest BCUT2D eigenvalue weighted by Crippen LogP contribution is -2.33. The van der Waals surface area contributed by atoms with E-state index in [0.29, 0.717) is 30.2 Å². The first-order valence-electron chi connectivity index (χ1n) is 8.54. The Morgan fingerprint density at radius 3 is 2.19 bits per heavy atom. The van der Waals surface area contributed by atoms with Crippen LogP contribution in [-0.4, -0.2) is 28.9 Å². The van der Waals surface area contributed by atoms with Gasteiger partial charge >= 0.3 is 6.18 Å². The zero-order valence-electron chi connectivity index (χ0n) is 14.8. The summed E-state index contributed by atoms with van der Waals surface area (Å²) in [6.07, 6.45) is -1.14. The third kappa shape index (κ3) is 5.21. The molecular formula is C19H22F3N3O. The number of hydrogen-bond acceptors (Lipinski definition) is 3. The number of carbonyl (C=O) groups is 1. The summed E-state index contributed by atoms with van der Waals surface area (Å²) in [6, 6.07) is 8.01. The van der Waals surface area contributed by atoms with Crippen LogP contribution in [-0.2, 0) is 6.18 Å². The summed E-state index contributed by atoms with van der Waals surface area (Å²) >= 11 is 0. The minimum absolute atomic E-state index is 0.148. The number of hydrogen-bond donors (Lipinski definition) is 1. The maximum Gasteiger partial charge on any atom is 0.416 e. The van der Waals surface area contributed by atoms with E-state index >= 15 is 0 Å². The molecule has 0 bridgehead atoms. The van der Waals surface area contributed by atoms with Gasteiger partial charge in [0.2, 0.25) is 0 Å². The van der Waals surface area contributed by atoms with Crippen molar-refractivity contribution in [3.8, 4) is 0 Å². The van der Waals surface area contributed by atoms with Crippen LogP contribution in [0.3, 0.4) is 0 Å². The third-order valence-electron chi connectivity index (χ3n) is 3.75. The van der Waals surface area contributed by atoms with Crippen LogP contribution < -0.4 is 5.32 Å². The number of amides is 1. The van der Waals surface area contributed by atoms with Gasteiger partial charge in [-0.15, -0.1) is 0 Å². The molecule has 2 aromatic rings. The largest absolute Gasteiger partial charge is 0.416 e. The summed E-state index contributed by atoms with van der Waals surface area (Å²) in [6.45, 7) is 5.33. The van der Waals surface area contributed by atoms with E-state index in [4.69, 9.17) is 0 Å². The normalized spacial score (nSPS) is 11.3. The van der Waals surface area contributed by atoms with Crippen LogP contribution in [0.5, 0.6) is 0 Å². The van der Waals surface area contributed by atoms with Gasteiger partial charge in [-0.2, -0.15) is 13.2 Å². The highest BCUT2D eigenvalue weighted by molar-refractivity contribution is 5.93. The van der Waals surface area contributed by atoms with Crippen LogP contribution in [0.25, 0.3) is 0 Å². The second-order valence-corrected chi connectivity index (χ2v) is 5.92. The summed E-state index contributed by atoms with van der Waals surface area (Å²) < 4.78 is 37.9. The predicted molar refractivity (Wildman–Crippen MR) is 95.4 cm³/mol. The molecule has 1 aromatic heterocycles. The van der Waals surface area contributed by atoms with Gasteiger partial charge in [0.25, 0.3) is 5.91 Å². The molecule has 26 heavy (non-hydrogen) atoms. The van der Waals surface area contributed by atoms with Crippen molar-refractivity contribution < 1.29 is 18.0 Å². The van der Waals surface area contributed by atoms with Crippen LogP contribution in [0, 0.1) is 0 Å². The van der Waals surface area contributed by atoms with E-state index in [1.165, 1.54) is 18.3 Å². The third-order valence-corrected chi connectivity index (χ3v) is 3.75. The van der Waals surface area contributed by atoms with Crippen molar-refractivity contribution in [1.29, 1.82) is 0 Å². The van der Waals surface area contributed by atoms with E-state index in [1.54, 1.807) is 17.0 Å². The fourth-order valence-corrected chi connectivity index (χ4v) is 2.55. The van der Waals surface area contributed by atoms with Crippen molar-refractivity contribution in [2.75, 3.05) is 18.4 Å². The van der Waals surface area contributed by atoms with Gasteiger partial charge in [-0.1, -0.05) is 13.8 Å². The quantitative estimate of drug-likeness (QED) is 0.742. The summed E-state index contributed by atoms with van der Waals surface area (Å²) in [7, 11) is 0. The van der Waals surface area contributed by atoms with Gasteiger partial charge < -0.3 is 10.2 Å². The second-order valence-electron chi connectivity index (χ2n) is 5.92. The standard InChI is InChI=1S/C19H22F3N3O/c1-3-11-25(12-4-2)18(26)17-13-16(9-10-23-17)24-15-7-5-14(6-8-15)19(20,21)22/h5-10,13H,3-4,11-12H2,1-2H3,(H,23,24). The monoisotopic (exact) mass is 365 g/mol. The first-order valence-corrected chi connectivity index (χ1v) is 8.54. The molecule has 7 heteroatoms. The molecule has 0 atom stereocenters. The maximum absolute atomic E-state index is 12.6. The Morgan fingerprint density at radius 1 is 1.04 bits per heavy atom. The van der Waals surface area contributed by atoms with E-state index in [2.05, 4.69) is 10.3 Å². The number of benzene rings is 1. The number of alkyl halides is 3. The molecule has 1 amide bonds. The molecular weight excluding hydrogens is 343 g/mol. The Bertz CT molecular complexity index is 724. The predicted octanol–water partition coefficient (Wildman–Crippen LogP) is 5.11. The first-order chi connectivity index (χ1) is 12.3. The van der Waals surface area contributed by atoms with E-state index in [1.807, 2.05) is 13.8 Å². The zero-order chi connectivity index (χ0) is 19.2. The van der Waals surface area contributed by atoms with E-state index in [9.17, 15) is 18.0 Å². The Hall–Kier alpha value is -2.57. The first kappa shape index (κ1) is 19.8. The lowest BCUT2D eigenvalue weighted by atomic mass is 10.2. The Balaban J connectivity index is 2.14. The molecule has 0 saturated heterocycles. The van der Waals surface area contributed by atoms with E-state index < -0.39 is 11.7 Å². The fraction of sp³-hybridized carbons (Fsp3) is 0.368. The fourth-order valence-electron chi connectivity index (χ4n) is 2.55. The number of pyridine rings is 1. The van der Waals surface area contributed by atoms with Gasteiger partial charge in [-0.25, -0.2) is 0 Å². The highest BCUT2D eigenvalue weighted by atomic mass is 19.4. The summed E-state index contributed by atoms with van der Waals surface area (Å²) in [5, 5.41) is 3.00. The number of anilines is 2. The van der Waals surface area contributed by atoms with Crippen LogP contribution in [0.2, 0.25) is 0 Å². The SMILES string of the molecule is CCCN(CCC)C(=O)c1cc(Nc2ccc(C(F)(F)F)cc2)ccn1. The van der Waals surface area contributed by atoms with Gasteiger partial charge in [0.15, 0.2) is 0 Å². The Morgan fingerprint density at radius 2 is 1.65 bits per heavy atom. The molecule has 0 spiro atoms. The van der Waals surface area contributed by atoms with Gasteiger partial charge in [0, 0.05) is 30.7 Å². The Kier molecular flexibility index (Phi) is 6.60. The molecule has 0 aliphatic heterocycles. The van der Waals surface area contributed by atoms with Crippen molar-refractivity contribution >= 4 is 17.3 Å². The van der Waals surface area contributed by atoms with E-state index in [-0.39, 0.29) is 5.91 Å². The molecule has 1 aromatic carbocycles. The number of rotatable bonds is 7. The topological polar surface area (TPSA) is 45.2 Å². The summed E-state index contributed by atoms with van der Waals surface area (Å²) in [5.74, 6) is -0.148. The number of nitrogens with zero attached hydrogens (tertiary/aromatic N) is 2. The van der Waals surface area contributed by atoms with Crippen molar-refractivity contribution in [2.45, 2.75) is 32.9 Å². The second kappa shape index (κ2) is 8.69. The molecule has 140 valence electrons.